The number of nitrogens with zero attached hydrogens (tertiary/aromatic N) is 1. The maximum absolute atomic E-state index is 12.3. The molecule has 1 aliphatic rings. The lowest BCUT2D eigenvalue weighted by Gasteiger charge is -2.38. The van der Waals surface area contributed by atoms with E-state index in [-0.39, 0.29) is 13.1 Å². The minimum Gasteiger partial charge on any atom is -0.313 e. The number of halogens is 2. The molecule has 4 heteroatoms. The van der Waals surface area contributed by atoms with Crippen LogP contribution in [0.2, 0.25) is 0 Å². The van der Waals surface area contributed by atoms with Crippen LogP contribution in [0.3, 0.4) is 0 Å². The van der Waals surface area contributed by atoms with Crippen molar-refractivity contribution in [1.82, 2.24) is 10.2 Å². The molecule has 1 aliphatic heterocycles. The summed E-state index contributed by atoms with van der Waals surface area (Å²) in [6, 6.07) is 0.437. The topological polar surface area (TPSA) is 15.3 Å². The summed E-state index contributed by atoms with van der Waals surface area (Å²) in [6.07, 6.45) is 0. The van der Waals surface area contributed by atoms with Crippen molar-refractivity contribution in [2.75, 3.05) is 26.2 Å². The van der Waals surface area contributed by atoms with E-state index in [1.165, 1.54) is 0 Å². The third-order valence-electron chi connectivity index (χ3n) is 1.89. The standard InChI is InChI=1S/C8H16F2N2/c1-7(2)11-3-4-12-5-8(9,10)6-12/h7,11H,3-6H2,1-2H3. The van der Waals surface area contributed by atoms with Crippen molar-refractivity contribution >= 4 is 0 Å². The van der Waals surface area contributed by atoms with E-state index in [1.807, 2.05) is 13.8 Å². The van der Waals surface area contributed by atoms with Crippen LogP contribution in [0.4, 0.5) is 8.78 Å². The Bertz CT molecular complexity index is 140. The van der Waals surface area contributed by atoms with Gasteiger partial charge in [-0.2, -0.15) is 0 Å². The molecule has 72 valence electrons. The molecule has 0 unspecified atom stereocenters. The summed E-state index contributed by atoms with van der Waals surface area (Å²) < 4.78 is 24.6. The van der Waals surface area contributed by atoms with E-state index in [9.17, 15) is 8.78 Å². The van der Waals surface area contributed by atoms with Crippen LogP contribution in [0.15, 0.2) is 0 Å². The molecule has 0 saturated carbocycles. The summed E-state index contributed by atoms with van der Waals surface area (Å²) in [4.78, 5) is 1.76. The Balaban J connectivity index is 1.97. The first-order valence-corrected chi connectivity index (χ1v) is 4.33. The van der Waals surface area contributed by atoms with Gasteiger partial charge in [0.25, 0.3) is 5.92 Å². The predicted octanol–water partition coefficient (Wildman–Crippen LogP) is 0.935. The number of likely N-dealkylation sites (tertiary alicyclic amines) is 1. The number of hydrogen-bond donors (Lipinski definition) is 1. The molecule has 1 rings (SSSR count). The second kappa shape index (κ2) is 3.66. The minimum absolute atomic E-state index is 0.0627. The maximum atomic E-state index is 12.3. The third-order valence-corrected chi connectivity index (χ3v) is 1.89. The summed E-state index contributed by atoms with van der Waals surface area (Å²) in [5.74, 6) is -2.42. The monoisotopic (exact) mass is 178 g/mol. The molecular weight excluding hydrogens is 162 g/mol. The van der Waals surface area contributed by atoms with Crippen molar-refractivity contribution < 1.29 is 8.78 Å². The predicted molar refractivity (Wildman–Crippen MR) is 44.5 cm³/mol. The van der Waals surface area contributed by atoms with Crippen LogP contribution in [-0.4, -0.2) is 43.0 Å². The molecule has 1 saturated heterocycles. The zero-order chi connectivity index (χ0) is 9.19. The largest absolute Gasteiger partial charge is 0.313 e. The number of hydrogen-bond acceptors (Lipinski definition) is 2. The molecule has 0 bridgehead atoms. The number of rotatable bonds is 4. The van der Waals surface area contributed by atoms with Crippen LogP contribution in [0, 0.1) is 0 Å². The van der Waals surface area contributed by atoms with Crippen LogP contribution < -0.4 is 5.32 Å². The molecular formula is C8H16F2N2. The second-order valence-corrected chi connectivity index (χ2v) is 3.68. The zero-order valence-corrected chi connectivity index (χ0v) is 7.61. The van der Waals surface area contributed by atoms with Crippen LogP contribution in [0.25, 0.3) is 0 Å². The van der Waals surface area contributed by atoms with Crippen LogP contribution >= 0.6 is 0 Å². The highest BCUT2D eigenvalue weighted by Gasteiger charge is 2.43. The van der Waals surface area contributed by atoms with Gasteiger partial charge in [0.1, 0.15) is 0 Å². The summed E-state index contributed by atoms with van der Waals surface area (Å²) in [5, 5.41) is 3.19. The molecule has 0 aromatic heterocycles. The molecule has 0 aromatic carbocycles. The van der Waals surface area contributed by atoms with Crippen molar-refractivity contribution in [2.45, 2.75) is 25.8 Å². The lowest BCUT2D eigenvalue weighted by Crippen LogP contribution is -2.57. The van der Waals surface area contributed by atoms with Crippen molar-refractivity contribution in [3.63, 3.8) is 0 Å². The van der Waals surface area contributed by atoms with Gasteiger partial charge in [0.05, 0.1) is 13.1 Å². The van der Waals surface area contributed by atoms with E-state index in [4.69, 9.17) is 0 Å². The Labute approximate surface area is 71.9 Å². The van der Waals surface area contributed by atoms with Crippen molar-refractivity contribution in [1.29, 1.82) is 0 Å². The Hall–Kier alpha value is -0.220. The molecule has 1 heterocycles. The highest BCUT2D eigenvalue weighted by atomic mass is 19.3. The third kappa shape index (κ3) is 3.03. The maximum Gasteiger partial charge on any atom is 0.272 e. The Morgan fingerprint density at radius 2 is 2.00 bits per heavy atom. The van der Waals surface area contributed by atoms with E-state index in [1.54, 1.807) is 4.90 Å². The Morgan fingerprint density at radius 1 is 1.42 bits per heavy atom. The Morgan fingerprint density at radius 3 is 2.42 bits per heavy atom. The van der Waals surface area contributed by atoms with E-state index in [2.05, 4.69) is 5.32 Å². The van der Waals surface area contributed by atoms with Gasteiger partial charge < -0.3 is 5.32 Å². The smallest absolute Gasteiger partial charge is 0.272 e. The second-order valence-electron chi connectivity index (χ2n) is 3.68. The molecule has 0 aromatic rings. The zero-order valence-electron chi connectivity index (χ0n) is 7.61. The minimum atomic E-state index is -2.42. The van der Waals surface area contributed by atoms with Gasteiger partial charge in [0.2, 0.25) is 0 Å². The van der Waals surface area contributed by atoms with Gasteiger partial charge in [-0.1, -0.05) is 13.8 Å². The molecule has 0 amide bonds. The molecule has 12 heavy (non-hydrogen) atoms. The first-order valence-electron chi connectivity index (χ1n) is 4.33. The van der Waals surface area contributed by atoms with Gasteiger partial charge in [0, 0.05) is 19.1 Å². The van der Waals surface area contributed by atoms with Crippen molar-refractivity contribution in [3.8, 4) is 0 Å². The quantitative estimate of drug-likeness (QED) is 0.689. The van der Waals surface area contributed by atoms with Crippen LogP contribution in [0.5, 0.6) is 0 Å². The average Bonchev–Trinajstić information content (AvgIpc) is 1.82. The molecule has 0 radical (unpaired) electrons. The first-order chi connectivity index (χ1) is 5.49. The normalized spacial score (nSPS) is 22.8. The van der Waals surface area contributed by atoms with E-state index in [0.717, 1.165) is 13.1 Å². The average molecular weight is 178 g/mol. The fraction of sp³-hybridized carbons (Fsp3) is 1.00. The van der Waals surface area contributed by atoms with Crippen molar-refractivity contribution in [3.05, 3.63) is 0 Å². The fourth-order valence-electron chi connectivity index (χ4n) is 1.28. The summed E-state index contributed by atoms with van der Waals surface area (Å²) in [6.45, 7) is 5.50. The molecule has 1 fully saturated rings. The van der Waals surface area contributed by atoms with E-state index in [0.29, 0.717) is 6.04 Å². The SMILES string of the molecule is CC(C)NCCN1CC(F)(F)C1. The van der Waals surface area contributed by atoms with Crippen LogP contribution in [0.1, 0.15) is 13.8 Å². The highest BCUT2D eigenvalue weighted by molar-refractivity contribution is 4.86. The lowest BCUT2D eigenvalue weighted by molar-refractivity contribution is -0.129. The molecule has 0 atom stereocenters. The van der Waals surface area contributed by atoms with Crippen LogP contribution in [-0.2, 0) is 0 Å². The Kier molecular flexibility index (Phi) is 3.01. The van der Waals surface area contributed by atoms with E-state index < -0.39 is 5.92 Å². The molecule has 0 aliphatic carbocycles. The van der Waals surface area contributed by atoms with Gasteiger partial charge in [-0.3, -0.25) is 4.90 Å². The van der Waals surface area contributed by atoms with Gasteiger partial charge >= 0.3 is 0 Å². The van der Waals surface area contributed by atoms with Gasteiger partial charge in [0.15, 0.2) is 0 Å². The first kappa shape index (κ1) is 9.86. The molecule has 1 N–H and O–H groups in total. The number of alkyl halides is 2. The van der Waals surface area contributed by atoms with E-state index >= 15 is 0 Å². The van der Waals surface area contributed by atoms with Gasteiger partial charge in [-0.05, 0) is 0 Å². The molecule has 2 nitrogen and oxygen atoms in total. The molecule has 0 spiro atoms. The highest BCUT2D eigenvalue weighted by Crippen LogP contribution is 2.25. The summed E-state index contributed by atoms with van der Waals surface area (Å²) in [7, 11) is 0. The van der Waals surface area contributed by atoms with Crippen molar-refractivity contribution in [2.24, 2.45) is 0 Å². The fourth-order valence-corrected chi connectivity index (χ4v) is 1.28. The lowest BCUT2D eigenvalue weighted by atomic mass is 10.1. The van der Waals surface area contributed by atoms with Gasteiger partial charge in [-0.15, -0.1) is 0 Å². The summed E-state index contributed by atoms with van der Waals surface area (Å²) >= 11 is 0. The van der Waals surface area contributed by atoms with Gasteiger partial charge in [-0.25, -0.2) is 8.78 Å². The number of nitrogens with one attached hydrogen (secondary N) is 1. The summed E-state index contributed by atoms with van der Waals surface area (Å²) in [5.41, 5.74) is 0.